The van der Waals surface area contributed by atoms with Crippen molar-refractivity contribution in [3.05, 3.63) is 65.5 Å². The summed E-state index contributed by atoms with van der Waals surface area (Å²) in [7, 11) is 0. The van der Waals surface area contributed by atoms with E-state index in [1.54, 1.807) is 0 Å². The van der Waals surface area contributed by atoms with Crippen LogP contribution in [0.25, 0.3) is 0 Å². The zero-order valence-corrected chi connectivity index (χ0v) is 14.0. The zero-order chi connectivity index (χ0) is 17.6. The molecule has 0 spiro atoms. The van der Waals surface area contributed by atoms with Gasteiger partial charge in [-0.05, 0) is 60.7 Å². The first kappa shape index (κ1) is 17.5. The Balaban J connectivity index is 1.66. The molecular formula is C21H22FNO2. The number of aliphatic hydroxyl groups excluding tert-OH is 2. The Morgan fingerprint density at radius 3 is 2.52 bits per heavy atom. The van der Waals surface area contributed by atoms with Crippen molar-refractivity contribution < 1.29 is 14.6 Å². The number of hydrogen-bond donors (Lipinski definition) is 2. The fraction of sp³-hybridized carbons (Fsp3) is 0.333. The maximum Gasteiger partial charge on any atom is 0.140 e. The molecule has 2 unspecified atom stereocenters. The van der Waals surface area contributed by atoms with Crippen LogP contribution in [0.5, 0.6) is 0 Å². The molecule has 1 heterocycles. The lowest BCUT2D eigenvalue weighted by Crippen LogP contribution is -2.36. The van der Waals surface area contributed by atoms with Gasteiger partial charge < -0.3 is 15.1 Å². The van der Waals surface area contributed by atoms with Gasteiger partial charge in [0.25, 0.3) is 0 Å². The summed E-state index contributed by atoms with van der Waals surface area (Å²) in [6.07, 6.45) is 1.24. The molecule has 4 heteroatoms. The molecule has 1 fully saturated rings. The van der Waals surface area contributed by atoms with Crippen LogP contribution >= 0.6 is 0 Å². The second-order valence-corrected chi connectivity index (χ2v) is 6.41. The summed E-state index contributed by atoms with van der Waals surface area (Å²) in [5, 5.41) is 19.4. The molecule has 0 aliphatic carbocycles. The van der Waals surface area contributed by atoms with Crippen LogP contribution in [-0.4, -0.2) is 29.9 Å². The molecule has 2 N–H and O–H groups in total. The molecule has 3 nitrogen and oxygen atoms in total. The van der Waals surface area contributed by atoms with Crippen LogP contribution in [-0.2, 0) is 0 Å². The minimum Gasteiger partial charge on any atom is -0.396 e. The highest BCUT2D eigenvalue weighted by Gasteiger charge is 2.19. The number of anilines is 1. The van der Waals surface area contributed by atoms with Crippen LogP contribution in [0.3, 0.4) is 0 Å². The summed E-state index contributed by atoms with van der Waals surface area (Å²) in [5.41, 5.74) is 2.53. The molecule has 0 aromatic heterocycles. The van der Waals surface area contributed by atoms with Gasteiger partial charge in [-0.25, -0.2) is 4.39 Å². The van der Waals surface area contributed by atoms with Crippen LogP contribution < -0.4 is 4.90 Å². The van der Waals surface area contributed by atoms with Crippen molar-refractivity contribution in [2.45, 2.75) is 18.9 Å². The fourth-order valence-corrected chi connectivity index (χ4v) is 3.08. The van der Waals surface area contributed by atoms with Gasteiger partial charge in [0.15, 0.2) is 0 Å². The second-order valence-electron chi connectivity index (χ2n) is 6.41. The van der Waals surface area contributed by atoms with Crippen molar-refractivity contribution >= 4 is 5.69 Å². The number of aliphatic hydroxyl groups is 2. The zero-order valence-electron chi connectivity index (χ0n) is 14.0. The normalized spacial score (nSPS) is 18.4. The molecule has 1 aliphatic heterocycles. The minimum atomic E-state index is -0.937. The van der Waals surface area contributed by atoms with Gasteiger partial charge in [-0.1, -0.05) is 24.0 Å². The highest BCUT2D eigenvalue weighted by molar-refractivity contribution is 5.51. The van der Waals surface area contributed by atoms with Gasteiger partial charge in [0, 0.05) is 30.9 Å². The Morgan fingerprint density at radius 2 is 1.84 bits per heavy atom. The molecule has 0 saturated carbocycles. The molecule has 0 radical (unpaired) electrons. The smallest absolute Gasteiger partial charge is 0.140 e. The average Bonchev–Trinajstić information content (AvgIpc) is 2.67. The van der Waals surface area contributed by atoms with Crippen LogP contribution in [0.4, 0.5) is 10.1 Å². The highest BCUT2D eigenvalue weighted by Crippen LogP contribution is 2.23. The summed E-state index contributed by atoms with van der Waals surface area (Å²) in [5.74, 6) is 5.76. The number of piperidine rings is 1. The number of nitrogens with zero attached hydrogens (tertiary/aromatic N) is 1. The van der Waals surface area contributed by atoms with Gasteiger partial charge in [-0.2, -0.15) is 0 Å². The van der Waals surface area contributed by atoms with Crippen molar-refractivity contribution in [2.75, 3.05) is 24.6 Å². The Morgan fingerprint density at radius 1 is 1.12 bits per heavy atom. The molecule has 130 valence electrons. The molecule has 2 aromatic rings. The molecule has 2 aromatic carbocycles. The fourth-order valence-electron chi connectivity index (χ4n) is 3.08. The van der Waals surface area contributed by atoms with Crippen molar-refractivity contribution in [1.29, 1.82) is 0 Å². The monoisotopic (exact) mass is 339 g/mol. The van der Waals surface area contributed by atoms with Crippen LogP contribution in [0.15, 0.2) is 48.5 Å². The van der Waals surface area contributed by atoms with E-state index >= 15 is 0 Å². The van der Waals surface area contributed by atoms with Gasteiger partial charge in [0.05, 0.1) is 0 Å². The Labute approximate surface area is 147 Å². The van der Waals surface area contributed by atoms with Gasteiger partial charge in [-0.3, -0.25) is 0 Å². The summed E-state index contributed by atoms with van der Waals surface area (Å²) in [6.45, 7) is 2.12. The summed E-state index contributed by atoms with van der Waals surface area (Å²) < 4.78 is 12.9. The Kier molecular flexibility index (Phi) is 5.70. The van der Waals surface area contributed by atoms with Crippen LogP contribution in [0.2, 0.25) is 0 Å². The standard InChI is InChI=1S/C21H22FNO2/c22-19-8-6-18(7-9-19)21(25)12-5-16-3-10-20(11-4-16)23-13-1-2-17(14-23)15-24/h3-4,6-11,17,21,24-25H,1-2,13-15H2. The summed E-state index contributed by atoms with van der Waals surface area (Å²) in [6, 6.07) is 13.6. The van der Waals surface area contributed by atoms with Crippen LogP contribution in [0, 0.1) is 23.6 Å². The largest absolute Gasteiger partial charge is 0.396 e. The number of rotatable bonds is 3. The van der Waals surface area contributed by atoms with E-state index in [-0.39, 0.29) is 12.4 Å². The summed E-state index contributed by atoms with van der Waals surface area (Å²) in [4.78, 5) is 2.29. The first-order valence-electron chi connectivity index (χ1n) is 8.56. The highest BCUT2D eigenvalue weighted by atomic mass is 19.1. The van der Waals surface area contributed by atoms with Gasteiger partial charge >= 0.3 is 0 Å². The number of halogens is 1. The van der Waals surface area contributed by atoms with Crippen LogP contribution in [0.1, 0.15) is 30.1 Å². The summed E-state index contributed by atoms with van der Waals surface area (Å²) >= 11 is 0. The lowest BCUT2D eigenvalue weighted by Gasteiger charge is -2.33. The lowest BCUT2D eigenvalue weighted by atomic mass is 9.98. The lowest BCUT2D eigenvalue weighted by molar-refractivity contribution is 0.209. The van der Waals surface area contributed by atoms with Crippen molar-refractivity contribution in [2.24, 2.45) is 5.92 Å². The van der Waals surface area contributed by atoms with E-state index in [0.717, 1.165) is 37.2 Å². The second kappa shape index (κ2) is 8.15. The topological polar surface area (TPSA) is 43.7 Å². The third-order valence-corrected chi connectivity index (χ3v) is 4.55. The van der Waals surface area contributed by atoms with E-state index in [1.165, 1.54) is 24.3 Å². The van der Waals surface area contributed by atoms with Gasteiger partial charge in [-0.15, -0.1) is 0 Å². The van der Waals surface area contributed by atoms with Gasteiger partial charge in [0.2, 0.25) is 0 Å². The third kappa shape index (κ3) is 4.60. The molecule has 1 saturated heterocycles. The van der Waals surface area contributed by atoms with Crippen molar-refractivity contribution in [1.82, 2.24) is 0 Å². The Bertz CT molecular complexity index is 746. The Hall–Kier alpha value is -2.35. The van der Waals surface area contributed by atoms with Gasteiger partial charge in [0.1, 0.15) is 11.9 Å². The first-order valence-corrected chi connectivity index (χ1v) is 8.56. The third-order valence-electron chi connectivity index (χ3n) is 4.55. The maximum absolute atomic E-state index is 12.9. The first-order chi connectivity index (χ1) is 12.2. The van der Waals surface area contributed by atoms with Crippen molar-refractivity contribution in [3.63, 3.8) is 0 Å². The predicted octanol–water partition coefficient (Wildman–Crippen LogP) is 3.12. The van der Waals surface area contributed by atoms with E-state index < -0.39 is 6.10 Å². The average molecular weight is 339 g/mol. The van der Waals surface area contributed by atoms with E-state index in [0.29, 0.717) is 11.5 Å². The molecule has 0 amide bonds. The molecule has 3 rings (SSSR count). The number of hydrogen-bond acceptors (Lipinski definition) is 3. The molecule has 25 heavy (non-hydrogen) atoms. The molecular weight excluding hydrogens is 317 g/mol. The molecule has 2 atom stereocenters. The SMILES string of the molecule is OCC1CCCN(c2ccc(C#CC(O)c3ccc(F)cc3)cc2)C1. The van der Waals surface area contributed by atoms with E-state index in [2.05, 4.69) is 16.7 Å². The maximum atomic E-state index is 12.9. The van der Waals surface area contributed by atoms with Crippen molar-refractivity contribution in [3.8, 4) is 11.8 Å². The molecule has 1 aliphatic rings. The minimum absolute atomic E-state index is 0.237. The predicted molar refractivity (Wildman–Crippen MR) is 96.7 cm³/mol. The molecule has 0 bridgehead atoms. The van der Waals surface area contributed by atoms with E-state index in [9.17, 15) is 14.6 Å². The quantitative estimate of drug-likeness (QED) is 0.845. The van der Waals surface area contributed by atoms with E-state index in [1.807, 2.05) is 24.3 Å². The number of benzene rings is 2. The van der Waals surface area contributed by atoms with E-state index in [4.69, 9.17) is 0 Å².